The van der Waals surface area contributed by atoms with Gasteiger partial charge in [-0.25, -0.2) is 4.98 Å². The number of carbonyl (C=O) groups is 1. The SMILES string of the molecule is O=C(NCc1cccnc1)[C@H]1CCCN(c2ncccc2-c2noc(C3CCC3)n2)C1. The van der Waals surface area contributed by atoms with Crippen LogP contribution in [0.5, 0.6) is 0 Å². The molecule has 1 saturated carbocycles. The summed E-state index contributed by atoms with van der Waals surface area (Å²) in [7, 11) is 0. The van der Waals surface area contributed by atoms with E-state index in [2.05, 4.69) is 30.3 Å². The van der Waals surface area contributed by atoms with Crippen LogP contribution in [0.3, 0.4) is 0 Å². The molecule has 8 heteroatoms. The van der Waals surface area contributed by atoms with Crippen LogP contribution in [0.25, 0.3) is 11.4 Å². The number of rotatable bonds is 6. The lowest BCUT2D eigenvalue weighted by Gasteiger charge is -2.33. The molecule has 8 nitrogen and oxygen atoms in total. The third-order valence-electron chi connectivity index (χ3n) is 6.20. The number of hydrogen-bond donors (Lipinski definition) is 1. The van der Waals surface area contributed by atoms with Crippen LogP contribution >= 0.6 is 0 Å². The molecule has 0 bridgehead atoms. The highest BCUT2D eigenvalue weighted by molar-refractivity contribution is 5.80. The largest absolute Gasteiger partial charge is 0.355 e. The zero-order chi connectivity index (χ0) is 21.0. The first kappa shape index (κ1) is 19.7. The van der Waals surface area contributed by atoms with Gasteiger partial charge in [0.15, 0.2) is 0 Å². The summed E-state index contributed by atoms with van der Waals surface area (Å²) in [5, 5.41) is 7.27. The lowest BCUT2D eigenvalue weighted by Crippen LogP contribution is -2.43. The van der Waals surface area contributed by atoms with E-state index in [1.807, 2.05) is 24.3 Å². The van der Waals surface area contributed by atoms with Crippen molar-refractivity contribution in [3.05, 3.63) is 54.3 Å². The van der Waals surface area contributed by atoms with Gasteiger partial charge < -0.3 is 14.7 Å². The number of aromatic nitrogens is 4. The topological polar surface area (TPSA) is 97.0 Å². The third kappa shape index (κ3) is 4.28. The second-order valence-corrected chi connectivity index (χ2v) is 8.32. The van der Waals surface area contributed by atoms with Gasteiger partial charge in [-0.1, -0.05) is 17.6 Å². The highest BCUT2D eigenvalue weighted by Crippen LogP contribution is 2.37. The molecular weight excluding hydrogens is 392 g/mol. The second kappa shape index (κ2) is 8.83. The summed E-state index contributed by atoms with van der Waals surface area (Å²) < 4.78 is 5.52. The second-order valence-electron chi connectivity index (χ2n) is 8.32. The van der Waals surface area contributed by atoms with E-state index in [0.29, 0.717) is 24.8 Å². The Hall–Kier alpha value is -3.29. The van der Waals surface area contributed by atoms with Crippen molar-refractivity contribution in [1.29, 1.82) is 0 Å². The van der Waals surface area contributed by atoms with E-state index in [1.165, 1.54) is 6.42 Å². The van der Waals surface area contributed by atoms with Crippen LogP contribution in [-0.4, -0.2) is 39.1 Å². The molecule has 0 radical (unpaired) electrons. The lowest BCUT2D eigenvalue weighted by atomic mass is 9.85. The molecule has 2 fully saturated rings. The van der Waals surface area contributed by atoms with Gasteiger partial charge in [-0.2, -0.15) is 4.98 Å². The number of carbonyl (C=O) groups excluding carboxylic acids is 1. The number of pyridine rings is 2. The number of nitrogens with zero attached hydrogens (tertiary/aromatic N) is 5. The summed E-state index contributed by atoms with van der Waals surface area (Å²) in [6.07, 6.45) is 10.5. The summed E-state index contributed by atoms with van der Waals surface area (Å²) in [5.74, 6) is 2.49. The number of piperidine rings is 1. The van der Waals surface area contributed by atoms with Crippen molar-refractivity contribution in [2.45, 2.75) is 44.6 Å². The first-order chi connectivity index (χ1) is 15.3. The Labute approximate surface area is 181 Å². The highest BCUT2D eigenvalue weighted by Gasteiger charge is 2.30. The average Bonchev–Trinajstić information content (AvgIpc) is 3.26. The van der Waals surface area contributed by atoms with Crippen molar-refractivity contribution in [3.8, 4) is 11.4 Å². The molecule has 0 spiro atoms. The first-order valence-corrected chi connectivity index (χ1v) is 11.0. The van der Waals surface area contributed by atoms with E-state index in [-0.39, 0.29) is 11.8 Å². The van der Waals surface area contributed by atoms with Crippen LogP contribution < -0.4 is 10.2 Å². The normalized spacial score (nSPS) is 19.1. The van der Waals surface area contributed by atoms with Gasteiger partial charge >= 0.3 is 0 Å². The molecule has 0 unspecified atom stereocenters. The predicted molar refractivity (Wildman–Crippen MR) is 115 cm³/mol. The van der Waals surface area contributed by atoms with Gasteiger partial charge in [-0.15, -0.1) is 0 Å². The Morgan fingerprint density at radius 2 is 2.06 bits per heavy atom. The fourth-order valence-electron chi connectivity index (χ4n) is 4.21. The maximum absolute atomic E-state index is 12.8. The molecule has 0 aromatic carbocycles. The van der Waals surface area contributed by atoms with Gasteiger partial charge in [0, 0.05) is 44.1 Å². The summed E-state index contributed by atoms with van der Waals surface area (Å²) in [4.78, 5) is 28.3. The molecule has 1 N–H and O–H groups in total. The number of amides is 1. The molecule has 1 atom stereocenters. The first-order valence-electron chi connectivity index (χ1n) is 11.0. The van der Waals surface area contributed by atoms with Gasteiger partial charge in [0.1, 0.15) is 5.82 Å². The Bertz CT molecular complexity index is 1030. The highest BCUT2D eigenvalue weighted by atomic mass is 16.5. The average molecular weight is 419 g/mol. The number of anilines is 1. The van der Waals surface area contributed by atoms with Gasteiger partial charge in [-0.3, -0.25) is 9.78 Å². The van der Waals surface area contributed by atoms with Crippen molar-refractivity contribution in [1.82, 2.24) is 25.4 Å². The van der Waals surface area contributed by atoms with Crippen molar-refractivity contribution in [2.75, 3.05) is 18.0 Å². The van der Waals surface area contributed by atoms with Crippen LogP contribution in [-0.2, 0) is 11.3 Å². The summed E-state index contributed by atoms with van der Waals surface area (Å²) >= 11 is 0. The molecule has 2 aliphatic rings. The van der Waals surface area contributed by atoms with Gasteiger partial charge in [0.2, 0.25) is 17.6 Å². The zero-order valence-electron chi connectivity index (χ0n) is 17.4. The maximum atomic E-state index is 12.8. The van der Waals surface area contributed by atoms with E-state index >= 15 is 0 Å². The Morgan fingerprint density at radius 3 is 2.87 bits per heavy atom. The number of hydrogen-bond acceptors (Lipinski definition) is 7. The van der Waals surface area contributed by atoms with E-state index in [0.717, 1.165) is 55.1 Å². The van der Waals surface area contributed by atoms with Crippen LogP contribution in [0, 0.1) is 5.92 Å². The summed E-state index contributed by atoms with van der Waals surface area (Å²) in [6.45, 7) is 1.96. The minimum atomic E-state index is -0.0870. The molecule has 1 amide bonds. The number of nitrogens with one attached hydrogen (secondary N) is 1. The lowest BCUT2D eigenvalue weighted by molar-refractivity contribution is -0.125. The van der Waals surface area contributed by atoms with Gasteiger partial charge in [0.05, 0.1) is 11.5 Å². The zero-order valence-corrected chi connectivity index (χ0v) is 17.4. The van der Waals surface area contributed by atoms with E-state index in [9.17, 15) is 4.79 Å². The molecule has 160 valence electrons. The minimum absolute atomic E-state index is 0.0675. The Morgan fingerprint density at radius 1 is 1.16 bits per heavy atom. The van der Waals surface area contributed by atoms with E-state index in [1.54, 1.807) is 18.6 Å². The van der Waals surface area contributed by atoms with Crippen molar-refractivity contribution < 1.29 is 9.32 Å². The molecule has 1 aliphatic heterocycles. The molecule has 1 aliphatic carbocycles. The quantitative estimate of drug-likeness (QED) is 0.656. The van der Waals surface area contributed by atoms with Gasteiger partial charge in [-0.05, 0) is 49.4 Å². The van der Waals surface area contributed by atoms with Gasteiger partial charge in [0.25, 0.3) is 0 Å². The molecule has 4 heterocycles. The standard InChI is InChI=1S/C23H26N6O2/c30-22(26-14-16-5-2-10-24-13-16)18-8-4-12-29(15-18)21-19(9-3-11-25-21)20-27-23(31-28-20)17-6-1-7-17/h2-3,5,9-11,13,17-18H,1,4,6-8,12,14-15H2,(H,26,30)/t18-/m0/s1. The molecule has 3 aromatic heterocycles. The predicted octanol–water partition coefficient (Wildman–Crippen LogP) is 3.33. The van der Waals surface area contributed by atoms with Crippen molar-refractivity contribution in [3.63, 3.8) is 0 Å². The van der Waals surface area contributed by atoms with Crippen LogP contribution in [0.1, 0.15) is 49.5 Å². The maximum Gasteiger partial charge on any atom is 0.230 e. The molecular formula is C23H26N6O2. The molecule has 3 aromatic rings. The van der Waals surface area contributed by atoms with E-state index < -0.39 is 0 Å². The fourth-order valence-corrected chi connectivity index (χ4v) is 4.21. The fraction of sp³-hybridized carbons (Fsp3) is 0.435. The molecule has 1 saturated heterocycles. The van der Waals surface area contributed by atoms with Crippen LogP contribution in [0.15, 0.2) is 47.4 Å². The minimum Gasteiger partial charge on any atom is -0.355 e. The Kier molecular flexibility index (Phi) is 5.60. The van der Waals surface area contributed by atoms with Crippen molar-refractivity contribution >= 4 is 11.7 Å². The third-order valence-corrected chi connectivity index (χ3v) is 6.20. The van der Waals surface area contributed by atoms with Crippen LogP contribution in [0.4, 0.5) is 5.82 Å². The summed E-state index contributed by atoms with van der Waals surface area (Å²) in [5.41, 5.74) is 1.85. The smallest absolute Gasteiger partial charge is 0.230 e. The molecule has 31 heavy (non-hydrogen) atoms. The monoisotopic (exact) mass is 418 g/mol. The van der Waals surface area contributed by atoms with Crippen molar-refractivity contribution in [2.24, 2.45) is 5.92 Å². The van der Waals surface area contributed by atoms with Crippen LogP contribution in [0.2, 0.25) is 0 Å². The summed E-state index contributed by atoms with van der Waals surface area (Å²) in [6, 6.07) is 7.70. The Balaban J connectivity index is 1.29. The van der Waals surface area contributed by atoms with E-state index in [4.69, 9.17) is 4.52 Å². The molecule has 5 rings (SSSR count).